The minimum absolute atomic E-state index is 0.00694. The van der Waals surface area contributed by atoms with Crippen molar-refractivity contribution in [1.82, 2.24) is 0 Å². The lowest BCUT2D eigenvalue weighted by Gasteiger charge is -2.36. The van der Waals surface area contributed by atoms with Gasteiger partial charge in [-0.2, -0.15) is 0 Å². The predicted molar refractivity (Wildman–Crippen MR) is 42.7 cm³/mol. The third-order valence-corrected chi connectivity index (χ3v) is 2.99. The second-order valence-electron chi connectivity index (χ2n) is 4.07. The molecule has 0 amide bonds. The van der Waals surface area contributed by atoms with Crippen LogP contribution in [0.2, 0.25) is 0 Å². The molecule has 58 valence electrons. The molecule has 0 aliphatic heterocycles. The number of aliphatic hydroxyl groups is 1. The average molecular weight is 140 g/mol. The molecular formula is C9H16O. The van der Waals surface area contributed by atoms with Crippen LogP contribution in [0.1, 0.15) is 27.2 Å². The molecule has 1 atom stereocenters. The maximum Gasteiger partial charge on any atom is 0.0524 e. The van der Waals surface area contributed by atoms with E-state index in [-0.39, 0.29) is 17.4 Å². The first kappa shape index (κ1) is 7.80. The van der Waals surface area contributed by atoms with Crippen molar-refractivity contribution in [2.45, 2.75) is 27.2 Å². The zero-order chi connectivity index (χ0) is 7.83. The van der Waals surface area contributed by atoms with E-state index in [0.29, 0.717) is 0 Å². The van der Waals surface area contributed by atoms with Crippen LogP contribution < -0.4 is 0 Å². The summed E-state index contributed by atoms with van der Waals surface area (Å²) in [5.41, 5.74) is 0.245. The van der Waals surface area contributed by atoms with Crippen molar-refractivity contribution in [2.24, 2.45) is 10.8 Å². The van der Waals surface area contributed by atoms with Gasteiger partial charge in [-0.25, -0.2) is 0 Å². The molecule has 0 bridgehead atoms. The molecule has 0 fully saturated rings. The Hall–Kier alpha value is -0.300. The van der Waals surface area contributed by atoms with Crippen molar-refractivity contribution < 1.29 is 5.11 Å². The summed E-state index contributed by atoms with van der Waals surface area (Å²) in [6.07, 6.45) is 5.38. The van der Waals surface area contributed by atoms with Gasteiger partial charge in [-0.3, -0.25) is 0 Å². The molecule has 1 aliphatic rings. The molecule has 0 spiro atoms. The Morgan fingerprint density at radius 3 is 2.20 bits per heavy atom. The van der Waals surface area contributed by atoms with Crippen LogP contribution in [0.25, 0.3) is 0 Å². The SMILES string of the molecule is CC1(C)CC=CC1(C)CO. The van der Waals surface area contributed by atoms with Crippen LogP contribution in [-0.2, 0) is 0 Å². The summed E-state index contributed by atoms with van der Waals surface area (Å²) in [5.74, 6) is 0. The van der Waals surface area contributed by atoms with E-state index in [4.69, 9.17) is 5.11 Å². The van der Waals surface area contributed by atoms with Crippen molar-refractivity contribution in [3.63, 3.8) is 0 Å². The van der Waals surface area contributed by atoms with Gasteiger partial charge in [-0.1, -0.05) is 32.9 Å². The van der Waals surface area contributed by atoms with Crippen molar-refractivity contribution in [3.05, 3.63) is 12.2 Å². The highest BCUT2D eigenvalue weighted by atomic mass is 16.3. The molecule has 1 N–H and O–H groups in total. The van der Waals surface area contributed by atoms with Gasteiger partial charge >= 0.3 is 0 Å². The molecule has 1 rings (SSSR count). The molecule has 0 saturated carbocycles. The molecule has 1 unspecified atom stereocenters. The number of aliphatic hydroxyl groups excluding tert-OH is 1. The lowest BCUT2D eigenvalue weighted by molar-refractivity contribution is 0.0786. The molecule has 1 aliphatic carbocycles. The van der Waals surface area contributed by atoms with Crippen LogP contribution in [0, 0.1) is 10.8 Å². The monoisotopic (exact) mass is 140 g/mol. The van der Waals surface area contributed by atoms with E-state index in [0.717, 1.165) is 6.42 Å². The first-order valence-electron chi connectivity index (χ1n) is 3.80. The molecule has 1 nitrogen and oxygen atoms in total. The second-order valence-corrected chi connectivity index (χ2v) is 4.07. The quantitative estimate of drug-likeness (QED) is 0.552. The van der Waals surface area contributed by atoms with Gasteiger partial charge in [0.2, 0.25) is 0 Å². The van der Waals surface area contributed by atoms with Gasteiger partial charge < -0.3 is 5.11 Å². The zero-order valence-corrected chi connectivity index (χ0v) is 7.02. The van der Waals surface area contributed by atoms with Crippen molar-refractivity contribution in [2.75, 3.05) is 6.61 Å². The molecular weight excluding hydrogens is 124 g/mol. The van der Waals surface area contributed by atoms with Crippen molar-refractivity contribution in [3.8, 4) is 0 Å². The normalized spacial score (nSPS) is 36.8. The lowest BCUT2D eigenvalue weighted by Crippen LogP contribution is -2.32. The topological polar surface area (TPSA) is 20.2 Å². The van der Waals surface area contributed by atoms with E-state index < -0.39 is 0 Å². The van der Waals surface area contributed by atoms with Gasteiger partial charge in [-0.15, -0.1) is 0 Å². The molecule has 0 aromatic carbocycles. The van der Waals surface area contributed by atoms with Crippen molar-refractivity contribution in [1.29, 1.82) is 0 Å². The van der Waals surface area contributed by atoms with E-state index in [1.807, 2.05) is 0 Å². The largest absolute Gasteiger partial charge is 0.395 e. The molecule has 0 saturated heterocycles. The summed E-state index contributed by atoms with van der Waals surface area (Å²) < 4.78 is 0. The summed E-state index contributed by atoms with van der Waals surface area (Å²) in [6, 6.07) is 0. The van der Waals surface area contributed by atoms with E-state index in [1.54, 1.807) is 0 Å². The molecule has 0 heterocycles. The van der Waals surface area contributed by atoms with Crippen LogP contribution in [0.4, 0.5) is 0 Å². The van der Waals surface area contributed by atoms with Gasteiger partial charge in [0.25, 0.3) is 0 Å². The highest BCUT2D eigenvalue weighted by Gasteiger charge is 2.40. The Kier molecular flexibility index (Phi) is 1.63. The molecule has 0 radical (unpaired) electrons. The number of hydrogen-bond acceptors (Lipinski definition) is 1. The number of hydrogen-bond donors (Lipinski definition) is 1. The summed E-state index contributed by atoms with van der Waals surface area (Å²) in [6.45, 7) is 6.76. The Morgan fingerprint density at radius 2 is 2.00 bits per heavy atom. The second kappa shape index (κ2) is 2.09. The fourth-order valence-corrected chi connectivity index (χ4v) is 1.34. The lowest BCUT2D eigenvalue weighted by atomic mass is 9.70. The Morgan fingerprint density at radius 1 is 1.40 bits per heavy atom. The summed E-state index contributed by atoms with van der Waals surface area (Å²) >= 11 is 0. The highest BCUT2D eigenvalue weighted by molar-refractivity contribution is 5.13. The van der Waals surface area contributed by atoms with E-state index in [1.165, 1.54) is 0 Å². The van der Waals surface area contributed by atoms with Gasteiger partial charge in [0.05, 0.1) is 6.61 Å². The maximum absolute atomic E-state index is 9.11. The highest BCUT2D eigenvalue weighted by Crippen LogP contribution is 2.47. The van der Waals surface area contributed by atoms with E-state index in [2.05, 4.69) is 32.9 Å². The minimum atomic E-state index is 0.00694. The van der Waals surface area contributed by atoms with Crippen LogP contribution in [0.15, 0.2) is 12.2 Å². The molecule has 0 aromatic heterocycles. The third kappa shape index (κ3) is 0.891. The van der Waals surface area contributed by atoms with Crippen molar-refractivity contribution >= 4 is 0 Å². The van der Waals surface area contributed by atoms with Gasteiger partial charge in [0, 0.05) is 5.41 Å². The molecule has 1 heteroatoms. The fourth-order valence-electron chi connectivity index (χ4n) is 1.34. The Balaban J connectivity index is 2.84. The third-order valence-electron chi connectivity index (χ3n) is 2.99. The zero-order valence-electron chi connectivity index (χ0n) is 7.02. The number of rotatable bonds is 1. The maximum atomic E-state index is 9.11. The van der Waals surface area contributed by atoms with Gasteiger partial charge in [0.1, 0.15) is 0 Å². The Labute approximate surface area is 62.8 Å². The smallest absolute Gasteiger partial charge is 0.0524 e. The van der Waals surface area contributed by atoms with Gasteiger partial charge in [-0.05, 0) is 11.8 Å². The summed E-state index contributed by atoms with van der Waals surface area (Å²) in [4.78, 5) is 0. The average Bonchev–Trinajstić information content (AvgIpc) is 2.10. The Bertz CT molecular complexity index is 158. The predicted octanol–water partition coefficient (Wildman–Crippen LogP) is 1.97. The van der Waals surface area contributed by atoms with Crippen LogP contribution >= 0.6 is 0 Å². The van der Waals surface area contributed by atoms with Gasteiger partial charge in [0.15, 0.2) is 0 Å². The van der Waals surface area contributed by atoms with Crippen LogP contribution in [0.5, 0.6) is 0 Å². The fraction of sp³-hybridized carbons (Fsp3) is 0.778. The first-order chi connectivity index (χ1) is 4.52. The minimum Gasteiger partial charge on any atom is -0.395 e. The van der Waals surface area contributed by atoms with Crippen LogP contribution in [0.3, 0.4) is 0 Å². The molecule has 10 heavy (non-hydrogen) atoms. The van der Waals surface area contributed by atoms with Crippen LogP contribution in [-0.4, -0.2) is 11.7 Å². The van der Waals surface area contributed by atoms with E-state index >= 15 is 0 Å². The summed E-state index contributed by atoms with van der Waals surface area (Å²) in [7, 11) is 0. The molecule has 0 aromatic rings. The first-order valence-corrected chi connectivity index (χ1v) is 3.80. The standard InChI is InChI=1S/C9H16O/c1-8(2)5-4-6-9(8,3)7-10/h4,6,10H,5,7H2,1-3H3. The summed E-state index contributed by atoms with van der Waals surface area (Å²) in [5, 5.41) is 9.11. The van der Waals surface area contributed by atoms with E-state index in [9.17, 15) is 0 Å². The number of allylic oxidation sites excluding steroid dienone is 1.